The number of hydrogen-bond donors (Lipinski definition) is 1. The van der Waals surface area contributed by atoms with Crippen molar-refractivity contribution in [2.75, 3.05) is 26.3 Å². The molecule has 1 N–H and O–H groups in total. The number of halogens is 1. The van der Waals surface area contributed by atoms with E-state index >= 15 is 0 Å². The smallest absolute Gasteiger partial charge is 0.252 e. The number of carbonyl (C=O) groups excluding carboxylic acids is 1. The van der Waals surface area contributed by atoms with Crippen LogP contribution in [0.25, 0.3) is 0 Å². The van der Waals surface area contributed by atoms with Crippen LogP contribution in [0.15, 0.2) is 47.4 Å². The van der Waals surface area contributed by atoms with Crippen LogP contribution in [0.5, 0.6) is 0 Å². The van der Waals surface area contributed by atoms with E-state index in [4.69, 9.17) is 4.74 Å². The number of rotatable bonds is 5. The quantitative estimate of drug-likeness (QED) is 0.757. The fourth-order valence-corrected chi connectivity index (χ4v) is 5.04. The summed E-state index contributed by atoms with van der Waals surface area (Å²) >= 11 is 0. The van der Waals surface area contributed by atoms with Gasteiger partial charge in [-0.2, -0.15) is 4.31 Å². The van der Waals surface area contributed by atoms with E-state index in [1.807, 2.05) is 20.8 Å². The number of nitrogens with zero attached hydrogens (tertiary/aromatic N) is 1. The first-order chi connectivity index (χ1) is 14.5. The van der Waals surface area contributed by atoms with Crippen LogP contribution in [0, 0.1) is 18.2 Å². The summed E-state index contributed by atoms with van der Waals surface area (Å²) in [7, 11) is -3.72. The molecular weight excluding hydrogens is 419 g/mol. The van der Waals surface area contributed by atoms with Gasteiger partial charge in [0.15, 0.2) is 0 Å². The van der Waals surface area contributed by atoms with Gasteiger partial charge in [-0.3, -0.25) is 4.79 Å². The lowest BCUT2D eigenvalue weighted by Gasteiger charge is -2.32. The summed E-state index contributed by atoms with van der Waals surface area (Å²) in [6, 6.07) is 10.2. The molecule has 1 unspecified atom stereocenters. The molecule has 0 aliphatic carbocycles. The predicted molar refractivity (Wildman–Crippen MR) is 117 cm³/mol. The molecule has 0 spiro atoms. The molecule has 1 aliphatic heterocycles. The van der Waals surface area contributed by atoms with E-state index in [1.165, 1.54) is 28.6 Å². The maximum absolute atomic E-state index is 13.4. The first-order valence-corrected chi connectivity index (χ1v) is 11.7. The highest BCUT2D eigenvalue weighted by Gasteiger charge is 2.30. The van der Waals surface area contributed by atoms with Gasteiger partial charge in [0.05, 0.1) is 24.2 Å². The van der Waals surface area contributed by atoms with Crippen LogP contribution in [0.2, 0.25) is 0 Å². The Balaban J connectivity index is 1.91. The number of nitrogens with one attached hydrogen (secondary N) is 1. The zero-order valence-electron chi connectivity index (χ0n) is 18.3. The molecule has 1 atom stereocenters. The van der Waals surface area contributed by atoms with Crippen molar-refractivity contribution in [3.63, 3.8) is 0 Å². The highest BCUT2D eigenvalue weighted by atomic mass is 32.2. The Bertz CT molecular complexity index is 1040. The van der Waals surface area contributed by atoms with Gasteiger partial charge in [0.25, 0.3) is 5.91 Å². The number of benzene rings is 2. The van der Waals surface area contributed by atoms with Crippen molar-refractivity contribution in [2.24, 2.45) is 5.41 Å². The van der Waals surface area contributed by atoms with Crippen LogP contribution in [-0.4, -0.2) is 44.9 Å². The Kier molecular flexibility index (Phi) is 6.83. The van der Waals surface area contributed by atoms with E-state index in [2.05, 4.69) is 5.32 Å². The number of aryl methyl sites for hydroxylation is 1. The van der Waals surface area contributed by atoms with E-state index in [1.54, 1.807) is 25.1 Å². The number of carbonyl (C=O) groups is 1. The minimum absolute atomic E-state index is 0.0826. The number of sulfonamides is 1. The minimum atomic E-state index is -3.72. The third kappa shape index (κ3) is 5.31. The molecule has 2 aromatic rings. The first kappa shape index (κ1) is 23.4. The van der Waals surface area contributed by atoms with Crippen molar-refractivity contribution in [3.8, 4) is 0 Å². The molecule has 0 aromatic heterocycles. The van der Waals surface area contributed by atoms with Crippen molar-refractivity contribution >= 4 is 15.9 Å². The van der Waals surface area contributed by atoms with E-state index in [-0.39, 0.29) is 41.2 Å². The van der Waals surface area contributed by atoms with Crippen LogP contribution < -0.4 is 5.32 Å². The van der Waals surface area contributed by atoms with Gasteiger partial charge in [-0.25, -0.2) is 12.8 Å². The van der Waals surface area contributed by atoms with Crippen molar-refractivity contribution in [1.82, 2.24) is 9.62 Å². The summed E-state index contributed by atoms with van der Waals surface area (Å²) in [5.41, 5.74) is 1.40. The number of morpholine rings is 1. The average Bonchev–Trinajstić information content (AvgIpc) is 2.72. The molecule has 1 heterocycles. The molecule has 8 heteroatoms. The lowest BCUT2D eigenvalue weighted by molar-refractivity contribution is 0.0730. The van der Waals surface area contributed by atoms with Gasteiger partial charge in [0.2, 0.25) is 10.0 Å². The van der Waals surface area contributed by atoms with E-state index in [0.29, 0.717) is 24.3 Å². The van der Waals surface area contributed by atoms with Crippen molar-refractivity contribution in [2.45, 2.75) is 38.6 Å². The summed E-state index contributed by atoms with van der Waals surface area (Å²) < 4.78 is 46.0. The van der Waals surface area contributed by atoms with Crippen LogP contribution in [0.4, 0.5) is 4.39 Å². The highest BCUT2D eigenvalue weighted by Crippen LogP contribution is 2.33. The van der Waals surface area contributed by atoms with Gasteiger partial charge in [-0.05, 0) is 47.7 Å². The van der Waals surface area contributed by atoms with E-state index < -0.39 is 10.0 Å². The Morgan fingerprint density at radius 1 is 1.10 bits per heavy atom. The average molecular weight is 449 g/mol. The molecule has 0 radical (unpaired) electrons. The van der Waals surface area contributed by atoms with E-state index in [0.717, 1.165) is 5.56 Å². The topological polar surface area (TPSA) is 75.7 Å². The fourth-order valence-electron chi connectivity index (χ4n) is 3.61. The molecule has 1 aliphatic rings. The Morgan fingerprint density at radius 3 is 2.29 bits per heavy atom. The molecular formula is C23H29FN2O4S. The summed E-state index contributed by atoms with van der Waals surface area (Å²) in [4.78, 5) is 13.3. The van der Waals surface area contributed by atoms with Crippen LogP contribution in [0.3, 0.4) is 0 Å². The predicted octanol–water partition coefficient (Wildman–Crippen LogP) is 3.67. The lowest BCUT2D eigenvalue weighted by atomic mass is 9.82. The van der Waals surface area contributed by atoms with Crippen LogP contribution in [0.1, 0.15) is 48.3 Å². The van der Waals surface area contributed by atoms with Crippen LogP contribution >= 0.6 is 0 Å². The van der Waals surface area contributed by atoms with Crippen molar-refractivity contribution < 1.29 is 22.3 Å². The number of ether oxygens (including phenoxy) is 1. The third-order valence-electron chi connectivity index (χ3n) is 5.41. The largest absolute Gasteiger partial charge is 0.379 e. The molecule has 2 aromatic carbocycles. The number of amides is 1. The SMILES string of the molecule is Cc1ccc(S(=O)(=O)N2CCOCC2)cc1C(=O)NC(c1ccc(F)cc1)C(C)(C)C. The standard InChI is InChI=1S/C23H29FN2O4S/c1-16-5-10-19(31(28,29)26-11-13-30-14-12-26)15-20(16)22(27)25-21(23(2,3)4)17-6-8-18(24)9-7-17/h5-10,15,21H,11-14H2,1-4H3,(H,25,27). The molecule has 168 valence electrons. The van der Waals surface area contributed by atoms with Gasteiger partial charge < -0.3 is 10.1 Å². The summed E-state index contributed by atoms with van der Waals surface area (Å²) in [6.07, 6.45) is 0. The Hall–Kier alpha value is -2.29. The monoisotopic (exact) mass is 448 g/mol. The van der Waals surface area contributed by atoms with Gasteiger partial charge >= 0.3 is 0 Å². The molecule has 0 saturated carbocycles. The summed E-state index contributed by atoms with van der Waals surface area (Å²) in [5, 5.41) is 3.02. The van der Waals surface area contributed by atoms with Crippen molar-refractivity contribution in [3.05, 3.63) is 65.0 Å². The van der Waals surface area contributed by atoms with Crippen LogP contribution in [-0.2, 0) is 14.8 Å². The first-order valence-electron chi connectivity index (χ1n) is 10.2. The normalized spacial score (nSPS) is 16.7. The zero-order chi connectivity index (χ0) is 22.8. The Morgan fingerprint density at radius 2 is 1.71 bits per heavy atom. The summed E-state index contributed by atoms with van der Waals surface area (Å²) in [5.74, 6) is -0.722. The molecule has 1 fully saturated rings. The highest BCUT2D eigenvalue weighted by molar-refractivity contribution is 7.89. The molecule has 0 bridgehead atoms. The zero-order valence-corrected chi connectivity index (χ0v) is 19.1. The fraction of sp³-hybridized carbons (Fsp3) is 0.435. The number of hydrogen-bond acceptors (Lipinski definition) is 4. The third-order valence-corrected chi connectivity index (χ3v) is 7.30. The molecule has 1 amide bonds. The molecule has 6 nitrogen and oxygen atoms in total. The van der Waals surface area contributed by atoms with Gasteiger partial charge in [-0.15, -0.1) is 0 Å². The second-order valence-electron chi connectivity index (χ2n) is 8.82. The molecule has 3 rings (SSSR count). The van der Waals surface area contributed by atoms with Gasteiger partial charge in [0, 0.05) is 18.7 Å². The maximum atomic E-state index is 13.4. The maximum Gasteiger partial charge on any atom is 0.252 e. The second kappa shape index (κ2) is 9.06. The van der Waals surface area contributed by atoms with E-state index in [9.17, 15) is 17.6 Å². The van der Waals surface area contributed by atoms with Gasteiger partial charge in [0.1, 0.15) is 5.82 Å². The van der Waals surface area contributed by atoms with Gasteiger partial charge in [-0.1, -0.05) is 39.0 Å². The second-order valence-corrected chi connectivity index (χ2v) is 10.8. The lowest BCUT2D eigenvalue weighted by Crippen LogP contribution is -2.40. The van der Waals surface area contributed by atoms with Crippen molar-refractivity contribution in [1.29, 1.82) is 0 Å². The molecule has 31 heavy (non-hydrogen) atoms. The molecule has 1 saturated heterocycles. The summed E-state index contributed by atoms with van der Waals surface area (Å²) in [6.45, 7) is 8.98. The minimum Gasteiger partial charge on any atom is -0.379 e. The Labute approximate surface area is 183 Å².